The fourth-order valence-corrected chi connectivity index (χ4v) is 14.1. The van der Waals surface area contributed by atoms with Crippen LogP contribution >= 0.6 is 0 Å². The molecule has 0 atom stereocenters. The maximum atomic E-state index is 2.64. The number of rotatable bonds is 6. The number of benzene rings is 8. The Morgan fingerprint density at radius 2 is 0.871 bits per heavy atom. The minimum absolute atomic E-state index is 0.0983. The van der Waals surface area contributed by atoms with Crippen LogP contribution in [0, 0.1) is 23.7 Å². The van der Waals surface area contributed by atoms with Crippen molar-refractivity contribution in [3.05, 3.63) is 210 Å². The maximum Gasteiger partial charge on any atom is 0.0540 e. The zero-order chi connectivity index (χ0) is 41.2. The quantitative estimate of drug-likeness (QED) is 0.162. The van der Waals surface area contributed by atoms with Gasteiger partial charge < -0.3 is 4.90 Å². The second-order valence-corrected chi connectivity index (χ2v) is 19.7. The summed E-state index contributed by atoms with van der Waals surface area (Å²) in [4.78, 5) is 2.55. The minimum atomic E-state index is -0.0986. The molecule has 14 rings (SSSR count). The molecule has 8 aromatic carbocycles. The molecule has 6 aliphatic carbocycles. The molecule has 4 saturated carbocycles. The Labute approximate surface area is 366 Å². The Hall–Kier alpha value is -6.44. The molecule has 0 amide bonds. The van der Waals surface area contributed by atoms with Crippen LogP contribution in [-0.2, 0) is 10.8 Å². The fraction of sp³-hybridized carbons (Fsp3) is 0.213. The van der Waals surface area contributed by atoms with Crippen molar-refractivity contribution in [2.45, 2.75) is 56.8 Å². The van der Waals surface area contributed by atoms with Crippen LogP contribution in [0.15, 0.2) is 188 Å². The number of hydrogen-bond donors (Lipinski definition) is 0. The average molecular weight is 798 g/mol. The lowest BCUT2D eigenvalue weighted by Crippen LogP contribution is -2.55. The highest BCUT2D eigenvalue weighted by atomic mass is 15.1. The van der Waals surface area contributed by atoms with E-state index in [0.717, 1.165) is 11.8 Å². The number of para-hydroxylation sites is 1. The molecule has 0 saturated heterocycles. The minimum Gasteiger partial charge on any atom is -0.310 e. The summed E-state index contributed by atoms with van der Waals surface area (Å²) < 4.78 is 0. The van der Waals surface area contributed by atoms with Crippen molar-refractivity contribution in [3.63, 3.8) is 0 Å². The first-order valence-electron chi connectivity index (χ1n) is 23.1. The summed E-state index contributed by atoms with van der Waals surface area (Å²) in [6, 6.07) is 71.3. The van der Waals surface area contributed by atoms with Gasteiger partial charge in [-0.1, -0.05) is 172 Å². The van der Waals surface area contributed by atoms with Crippen molar-refractivity contribution >= 4 is 17.1 Å². The molecule has 6 aliphatic rings. The molecule has 300 valence electrons. The van der Waals surface area contributed by atoms with Crippen LogP contribution in [0.1, 0.15) is 68.2 Å². The SMILES string of the molecule is CC1(C)c2ccccc2-c2cccc(-c3ccccc3-c3ccc(N(c4ccc5c(c4)C4(c6ccccc6-5)C5CC6CC(C5)CC4C6)c4ccccc4-c4ccccc4)cc3)c21. The first kappa shape index (κ1) is 36.2. The van der Waals surface area contributed by atoms with Crippen molar-refractivity contribution in [2.24, 2.45) is 23.7 Å². The summed E-state index contributed by atoms with van der Waals surface area (Å²) in [6.45, 7) is 4.78. The van der Waals surface area contributed by atoms with Gasteiger partial charge >= 0.3 is 0 Å². The zero-order valence-corrected chi connectivity index (χ0v) is 35.7. The molecular formula is C61H51N. The highest BCUT2D eigenvalue weighted by Crippen LogP contribution is 2.69. The van der Waals surface area contributed by atoms with E-state index >= 15 is 0 Å². The molecule has 0 aromatic heterocycles. The molecule has 0 heterocycles. The molecular weight excluding hydrogens is 747 g/mol. The Balaban J connectivity index is 0.965. The maximum absolute atomic E-state index is 2.64. The van der Waals surface area contributed by atoms with E-state index in [4.69, 9.17) is 0 Å². The van der Waals surface area contributed by atoms with Gasteiger partial charge in [-0.2, -0.15) is 0 Å². The summed E-state index contributed by atoms with van der Waals surface area (Å²) in [6.07, 6.45) is 6.98. The van der Waals surface area contributed by atoms with Crippen molar-refractivity contribution in [3.8, 4) is 55.6 Å². The van der Waals surface area contributed by atoms with Gasteiger partial charge in [-0.25, -0.2) is 0 Å². The summed E-state index contributed by atoms with van der Waals surface area (Å²) in [7, 11) is 0. The number of anilines is 3. The Kier molecular flexibility index (Phi) is 7.91. The molecule has 1 nitrogen and oxygen atoms in total. The second-order valence-electron chi connectivity index (χ2n) is 19.7. The smallest absolute Gasteiger partial charge is 0.0540 e. The van der Waals surface area contributed by atoms with Crippen LogP contribution in [0.4, 0.5) is 17.1 Å². The largest absolute Gasteiger partial charge is 0.310 e. The van der Waals surface area contributed by atoms with Gasteiger partial charge in [-0.15, -0.1) is 0 Å². The third-order valence-electron chi connectivity index (χ3n) is 16.3. The van der Waals surface area contributed by atoms with Crippen molar-refractivity contribution in [1.29, 1.82) is 0 Å². The van der Waals surface area contributed by atoms with Crippen LogP contribution in [0.25, 0.3) is 55.6 Å². The van der Waals surface area contributed by atoms with Crippen LogP contribution in [-0.4, -0.2) is 0 Å². The predicted octanol–water partition coefficient (Wildman–Crippen LogP) is 16.2. The van der Waals surface area contributed by atoms with Crippen molar-refractivity contribution < 1.29 is 0 Å². The van der Waals surface area contributed by atoms with Crippen molar-refractivity contribution in [1.82, 2.24) is 0 Å². The molecule has 0 unspecified atom stereocenters. The number of fused-ring (bicyclic) bond motifs is 6. The van der Waals surface area contributed by atoms with Crippen LogP contribution in [0.3, 0.4) is 0 Å². The number of nitrogens with zero attached hydrogens (tertiary/aromatic N) is 1. The molecule has 4 fully saturated rings. The monoisotopic (exact) mass is 797 g/mol. The highest BCUT2D eigenvalue weighted by Gasteiger charge is 2.61. The topological polar surface area (TPSA) is 3.24 Å². The van der Waals surface area contributed by atoms with Gasteiger partial charge in [-0.05, 0) is 158 Å². The average Bonchev–Trinajstić information content (AvgIpc) is 3.74. The lowest BCUT2D eigenvalue weighted by molar-refractivity contribution is -0.0399. The Morgan fingerprint density at radius 1 is 0.371 bits per heavy atom. The molecule has 4 bridgehead atoms. The van der Waals surface area contributed by atoms with Crippen LogP contribution in [0.2, 0.25) is 0 Å². The molecule has 1 spiro atoms. The molecule has 1 heteroatoms. The first-order valence-corrected chi connectivity index (χ1v) is 23.1. The molecule has 0 N–H and O–H groups in total. The fourth-order valence-electron chi connectivity index (χ4n) is 14.1. The highest BCUT2D eigenvalue weighted by molar-refractivity contribution is 5.94. The van der Waals surface area contributed by atoms with Crippen LogP contribution in [0.5, 0.6) is 0 Å². The van der Waals surface area contributed by atoms with Gasteiger partial charge in [0.25, 0.3) is 0 Å². The van der Waals surface area contributed by atoms with E-state index in [0.29, 0.717) is 11.8 Å². The molecule has 0 radical (unpaired) electrons. The van der Waals surface area contributed by atoms with E-state index in [2.05, 4.69) is 207 Å². The van der Waals surface area contributed by atoms with Gasteiger partial charge in [0, 0.05) is 27.8 Å². The van der Waals surface area contributed by atoms with Crippen LogP contribution < -0.4 is 4.90 Å². The molecule has 0 aliphatic heterocycles. The second kappa shape index (κ2) is 13.5. The Morgan fingerprint density at radius 3 is 1.58 bits per heavy atom. The Bertz CT molecular complexity index is 3030. The van der Waals surface area contributed by atoms with Gasteiger partial charge in [0.15, 0.2) is 0 Å². The third-order valence-corrected chi connectivity index (χ3v) is 16.3. The molecule has 8 aromatic rings. The normalized spacial score (nSPS) is 22.9. The molecule has 62 heavy (non-hydrogen) atoms. The van der Waals surface area contributed by atoms with E-state index in [1.807, 2.05) is 0 Å². The standard InChI is InChI=1S/C61H51N/c1-60(2)55-24-11-8-21-51(55)54-23-14-22-53(59(54)60)49-19-7-6-17-47(49)42-27-29-45(30-28-42)62(58-26-13-10-18-48(58)41-15-4-3-5-16-41)46-31-32-52-50-20-9-12-25-56(50)61(57(52)38-46)43-34-39-33-40(36-43)37-44(61)35-39/h3-32,38-40,43-44H,33-37H2,1-2H3. The van der Waals surface area contributed by atoms with E-state index in [1.54, 1.807) is 11.1 Å². The predicted molar refractivity (Wildman–Crippen MR) is 258 cm³/mol. The van der Waals surface area contributed by atoms with E-state index in [9.17, 15) is 0 Å². The third kappa shape index (κ3) is 5.09. The lowest BCUT2D eigenvalue weighted by Gasteiger charge is -2.61. The van der Waals surface area contributed by atoms with Gasteiger partial charge in [-0.3, -0.25) is 0 Å². The van der Waals surface area contributed by atoms with E-state index < -0.39 is 0 Å². The van der Waals surface area contributed by atoms with E-state index in [-0.39, 0.29) is 10.8 Å². The first-order chi connectivity index (χ1) is 30.5. The summed E-state index contributed by atoms with van der Waals surface area (Å²) >= 11 is 0. The lowest BCUT2D eigenvalue weighted by atomic mass is 9.43. The summed E-state index contributed by atoms with van der Waals surface area (Å²) in [5.41, 5.74) is 22.8. The summed E-state index contributed by atoms with van der Waals surface area (Å²) in [5, 5.41) is 0. The van der Waals surface area contributed by atoms with Gasteiger partial charge in [0.2, 0.25) is 0 Å². The summed E-state index contributed by atoms with van der Waals surface area (Å²) in [5.74, 6) is 3.25. The zero-order valence-electron chi connectivity index (χ0n) is 35.7. The number of hydrogen-bond acceptors (Lipinski definition) is 1. The van der Waals surface area contributed by atoms with Gasteiger partial charge in [0.05, 0.1) is 5.69 Å². The van der Waals surface area contributed by atoms with Crippen molar-refractivity contribution in [2.75, 3.05) is 4.90 Å². The van der Waals surface area contributed by atoms with E-state index in [1.165, 1.54) is 116 Å². The van der Waals surface area contributed by atoms with Gasteiger partial charge in [0.1, 0.15) is 0 Å².